The molecule has 0 spiro atoms. The minimum atomic E-state index is 0.235. The predicted molar refractivity (Wildman–Crippen MR) is 52.6 cm³/mol. The van der Waals surface area contributed by atoms with Gasteiger partial charge in [-0.2, -0.15) is 0 Å². The normalized spacial score (nSPS) is 24.4. The van der Waals surface area contributed by atoms with Gasteiger partial charge in [-0.15, -0.1) is 0 Å². The van der Waals surface area contributed by atoms with E-state index in [1.807, 2.05) is 24.3 Å². The summed E-state index contributed by atoms with van der Waals surface area (Å²) < 4.78 is 0. The van der Waals surface area contributed by atoms with Crippen molar-refractivity contribution in [2.24, 2.45) is 5.16 Å². The Morgan fingerprint density at radius 2 is 2.15 bits per heavy atom. The second-order valence-corrected chi connectivity index (χ2v) is 3.61. The van der Waals surface area contributed by atoms with Gasteiger partial charge < -0.3 is 5.21 Å². The van der Waals surface area contributed by atoms with Crippen LogP contribution in [0.15, 0.2) is 29.4 Å². The van der Waals surface area contributed by atoms with Crippen LogP contribution < -0.4 is 0 Å². The van der Waals surface area contributed by atoms with Crippen molar-refractivity contribution in [1.29, 1.82) is 0 Å². The fourth-order valence-electron chi connectivity index (χ4n) is 1.63. The van der Waals surface area contributed by atoms with E-state index in [9.17, 15) is 0 Å². The summed E-state index contributed by atoms with van der Waals surface area (Å²) in [5.41, 5.74) is 1.91. The van der Waals surface area contributed by atoms with Crippen molar-refractivity contribution in [3.05, 3.63) is 34.9 Å². The lowest BCUT2D eigenvalue weighted by Crippen LogP contribution is -2.23. The third kappa shape index (κ3) is 1.42. The smallest absolute Gasteiger partial charge is 0.0646 e. The summed E-state index contributed by atoms with van der Waals surface area (Å²) in [4.78, 5) is 0. The first kappa shape index (κ1) is 8.57. The Bertz CT molecular complexity index is 349. The van der Waals surface area contributed by atoms with E-state index in [-0.39, 0.29) is 5.92 Å². The van der Waals surface area contributed by atoms with E-state index in [1.54, 1.807) is 0 Å². The molecule has 0 aromatic heterocycles. The molecule has 3 heteroatoms. The molecule has 1 N–H and O–H groups in total. The summed E-state index contributed by atoms with van der Waals surface area (Å²) in [5.74, 6) is 0.235. The molecule has 0 amide bonds. The van der Waals surface area contributed by atoms with Crippen LogP contribution in [0.1, 0.15) is 24.3 Å². The van der Waals surface area contributed by atoms with E-state index in [2.05, 4.69) is 5.16 Å². The molecule has 2 nitrogen and oxygen atoms in total. The van der Waals surface area contributed by atoms with Crippen LogP contribution in [0.2, 0.25) is 5.02 Å². The van der Waals surface area contributed by atoms with Crippen LogP contribution >= 0.6 is 11.6 Å². The van der Waals surface area contributed by atoms with Gasteiger partial charge in [0, 0.05) is 10.9 Å². The van der Waals surface area contributed by atoms with Gasteiger partial charge in [-0.25, -0.2) is 0 Å². The van der Waals surface area contributed by atoms with Gasteiger partial charge in [-0.1, -0.05) is 35.0 Å². The van der Waals surface area contributed by atoms with Crippen molar-refractivity contribution in [2.75, 3.05) is 0 Å². The van der Waals surface area contributed by atoms with Gasteiger partial charge in [0.2, 0.25) is 0 Å². The number of rotatable bonds is 1. The quantitative estimate of drug-likeness (QED) is 0.542. The molecule has 68 valence electrons. The largest absolute Gasteiger partial charge is 0.411 e. The van der Waals surface area contributed by atoms with E-state index in [4.69, 9.17) is 16.8 Å². The lowest BCUT2D eigenvalue weighted by Gasteiger charge is -2.27. The standard InChI is InChI=1S/C10H10ClNO/c11-9-4-2-1-3-7(9)8-5-6-10(8)12-13/h1-4,8,13H,5-6H2/b12-10+. The SMILES string of the molecule is O/N=C1\CCC1c1ccccc1Cl. The Labute approximate surface area is 81.8 Å². The monoisotopic (exact) mass is 195 g/mol. The highest BCUT2D eigenvalue weighted by atomic mass is 35.5. The summed E-state index contributed by atoms with van der Waals surface area (Å²) in [6.45, 7) is 0. The molecule has 1 aromatic carbocycles. The second kappa shape index (κ2) is 3.38. The zero-order valence-electron chi connectivity index (χ0n) is 7.07. The topological polar surface area (TPSA) is 32.6 Å². The maximum absolute atomic E-state index is 8.65. The molecular formula is C10H10ClNO. The molecule has 0 radical (unpaired) electrons. The van der Waals surface area contributed by atoms with E-state index in [0.717, 1.165) is 29.1 Å². The minimum Gasteiger partial charge on any atom is -0.411 e. The van der Waals surface area contributed by atoms with E-state index >= 15 is 0 Å². The molecule has 1 fully saturated rings. The molecule has 1 aliphatic rings. The minimum absolute atomic E-state index is 0.235. The third-order valence-corrected chi connectivity index (χ3v) is 2.84. The van der Waals surface area contributed by atoms with Crippen molar-refractivity contribution >= 4 is 17.3 Å². The molecule has 1 aliphatic carbocycles. The first-order valence-corrected chi connectivity index (χ1v) is 4.66. The maximum atomic E-state index is 8.65. The molecule has 1 aromatic rings. The van der Waals surface area contributed by atoms with Gasteiger partial charge in [0.25, 0.3) is 0 Å². The Balaban J connectivity index is 2.31. The van der Waals surface area contributed by atoms with Gasteiger partial charge in [0.05, 0.1) is 5.71 Å². The Hall–Kier alpha value is -1.02. The maximum Gasteiger partial charge on any atom is 0.0646 e. The number of oxime groups is 1. The summed E-state index contributed by atoms with van der Waals surface area (Å²) in [5, 5.41) is 12.7. The van der Waals surface area contributed by atoms with Gasteiger partial charge in [0.1, 0.15) is 0 Å². The van der Waals surface area contributed by atoms with Gasteiger partial charge in [0.15, 0.2) is 0 Å². The molecular weight excluding hydrogens is 186 g/mol. The molecule has 13 heavy (non-hydrogen) atoms. The Morgan fingerprint density at radius 3 is 2.69 bits per heavy atom. The van der Waals surface area contributed by atoms with E-state index in [1.165, 1.54) is 0 Å². The number of nitrogens with zero attached hydrogens (tertiary/aromatic N) is 1. The van der Waals surface area contributed by atoms with Gasteiger partial charge >= 0.3 is 0 Å². The first-order chi connectivity index (χ1) is 6.33. The summed E-state index contributed by atoms with van der Waals surface area (Å²) in [6, 6.07) is 7.70. The van der Waals surface area contributed by atoms with Crippen molar-refractivity contribution < 1.29 is 5.21 Å². The number of hydrogen-bond donors (Lipinski definition) is 1. The van der Waals surface area contributed by atoms with Crippen LogP contribution in [0, 0.1) is 0 Å². The molecule has 0 bridgehead atoms. The third-order valence-electron chi connectivity index (χ3n) is 2.50. The van der Waals surface area contributed by atoms with Crippen molar-refractivity contribution in [3.8, 4) is 0 Å². The Morgan fingerprint density at radius 1 is 1.38 bits per heavy atom. The van der Waals surface area contributed by atoms with Crippen molar-refractivity contribution in [3.63, 3.8) is 0 Å². The molecule has 1 saturated carbocycles. The fraction of sp³-hybridized carbons (Fsp3) is 0.300. The lowest BCUT2D eigenvalue weighted by atomic mass is 9.78. The number of halogens is 1. The van der Waals surface area contributed by atoms with E-state index in [0.29, 0.717) is 0 Å². The van der Waals surface area contributed by atoms with Gasteiger partial charge in [-0.05, 0) is 24.5 Å². The molecule has 0 saturated heterocycles. The fourth-order valence-corrected chi connectivity index (χ4v) is 1.90. The second-order valence-electron chi connectivity index (χ2n) is 3.20. The van der Waals surface area contributed by atoms with Crippen LogP contribution in [0.3, 0.4) is 0 Å². The number of benzene rings is 1. The highest BCUT2D eigenvalue weighted by Crippen LogP contribution is 2.37. The highest BCUT2D eigenvalue weighted by Gasteiger charge is 2.29. The van der Waals surface area contributed by atoms with Crippen LogP contribution in [0.25, 0.3) is 0 Å². The molecule has 1 atom stereocenters. The predicted octanol–water partition coefficient (Wildman–Crippen LogP) is 3.05. The zero-order chi connectivity index (χ0) is 9.26. The Kier molecular flexibility index (Phi) is 2.23. The van der Waals surface area contributed by atoms with Crippen LogP contribution in [-0.2, 0) is 0 Å². The summed E-state index contributed by atoms with van der Waals surface area (Å²) in [6.07, 6.45) is 1.91. The highest BCUT2D eigenvalue weighted by molar-refractivity contribution is 6.31. The molecule has 0 heterocycles. The van der Waals surface area contributed by atoms with Crippen LogP contribution in [0.5, 0.6) is 0 Å². The summed E-state index contributed by atoms with van der Waals surface area (Å²) >= 11 is 6.02. The average Bonchev–Trinajstić information content (AvgIpc) is 2.08. The zero-order valence-corrected chi connectivity index (χ0v) is 7.83. The van der Waals surface area contributed by atoms with Gasteiger partial charge in [-0.3, -0.25) is 0 Å². The van der Waals surface area contributed by atoms with Crippen molar-refractivity contribution in [1.82, 2.24) is 0 Å². The summed E-state index contributed by atoms with van der Waals surface area (Å²) in [7, 11) is 0. The number of hydrogen-bond acceptors (Lipinski definition) is 2. The van der Waals surface area contributed by atoms with E-state index < -0.39 is 0 Å². The lowest BCUT2D eigenvalue weighted by molar-refractivity contribution is 0.310. The van der Waals surface area contributed by atoms with Crippen LogP contribution in [-0.4, -0.2) is 10.9 Å². The molecule has 0 aliphatic heterocycles. The molecule has 2 rings (SSSR count). The van der Waals surface area contributed by atoms with Crippen molar-refractivity contribution in [2.45, 2.75) is 18.8 Å². The van der Waals surface area contributed by atoms with Crippen LogP contribution in [0.4, 0.5) is 0 Å². The molecule has 1 unspecified atom stereocenters. The average molecular weight is 196 g/mol. The first-order valence-electron chi connectivity index (χ1n) is 4.28.